The minimum Gasteiger partial charge on any atom is -0.493 e. The highest BCUT2D eigenvalue weighted by molar-refractivity contribution is 7.88. The molecule has 0 aliphatic heterocycles. The summed E-state index contributed by atoms with van der Waals surface area (Å²) in [7, 11) is -1.65. The average molecular weight is 408 g/mol. The average Bonchev–Trinajstić information content (AvgIpc) is 2.63. The van der Waals surface area contributed by atoms with Gasteiger partial charge in [0.1, 0.15) is 0 Å². The zero-order valence-electron chi connectivity index (χ0n) is 16.0. The van der Waals surface area contributed by atoms with Gasteiger partial charge in [0, 0.05) is 19.2 Å². The monoisotopic (exact) mass is 408 g/mol. The van der Waals surface area contributed by atoms with Crippen molar-refractivity contribution in [1.82, 2.24) is 15.0 Å². The molecule has 0 saturated heterocycles. The Morgan fingerprint density at radius 3 is 2.57 bits per heavy atom. The number of methoxy groups -OCH3 is 1. The van der Waals surface area contributed by atoms with Crippen molar-refractivity contribution in [3.63, 3.8) is 0 Å². The molecule has 0 radical (unpaired) electrons. The van der Waals surface area contributed by atoms with Crippen LogP contribution in [0.2, 0.25) is 0 Å². The van der Waals surface area contributed by atoms with Crippen molar-refractivity contribution >= 4 is 21.7 Å². The number of benzene rings is 1. The number of hydrogen-bond acceptors (Lipinski definition) is 6. The van der Waals surface area contributed by atoms with E-state index in [4.69, 9.17) is 9.47 Å². The first-order chi connectivity index (χ1) is 13.3. The molecule has 0 aliphatic carbocycles. The molecule has 0 fully saturated rings. The summed E-state index contributed by atoms with van der Waals surface area (Å²) < 4.78 is 35.2. The smallest absolute Gasteiger partial charge is 0.319 e. The molecule has 0 bridgehead atoms. The molecular formula is C18H24N4O5S. The van der Waals surface area contributed by atoms with Crippen LogP contribution in [0.1, 0.15) is 12.0 Å². The number of hydrogen-bond donors (Lipinski definition) is 3. The van der Waals surface area contributed by atoms with Crippen molar-refractivity contribution in [2.45, 2.75) is 13.3 Å². The maximum Gasteiger partial charge on any atom is 0.319 e. The van der Waals surface area contributed by atoms with Gasteiger partial charge in [0.15, 0.2) is 11.5 Å². The minimum absolute atomic E-state index is 0.259. The third kappa shape index (κ3) is 7.41. The largest absolute Gasteiger partial charge is 0.493 e. The molecule has 0 spiro atoms. The number of aromatic nitrogens is 1. The topological polar surface area (TPSA) is 119 Å². The molecule has 3 N–H and O–H groups in total. The summed E-state index contributed by atoms with van der Waals surface area (Å²) in [6, 6.07) is 8.45. The first kappa shape index (κ1) is 21.5. The third-order valence-corrected chi connectivity index (χ3v) is 4.26. The van der Waals surface area contributed by atoms with Gasteiger partial charge in [-0.15, -0.1) is 0 Å². The number of sulfonamides is 1. The minimum atomic E-state index is -3.21. The number of amides is 2. The van der Waals surface area contributed by atoms with Gasteiger partial charge in [-0.25, -0.2) is 22.9 Å². The van der Waals surface area contributed by atoms with Crippen molar-refractivity contribution < 1.29 is 22.7 Å². The van der Waals surface area contributed by atoms with Crippen LogP contribution in [0.3, 0.4) is 0 Å². The molecule has 0 unspecified atom stereocenters. The van der Waals surface area contributed by atoms with Gasteiger partial charge in [-0.2, -0.15) is 0 Å². The van der Waals surface area contributed by atoms with Crippen LogP contribution in [0.15, 0.2) is 36.5 Å². The Labute approximate surface area is 164 Å². The standard InChI is InChI=1S/C18H24N4O5S/c1-13-5-7-15(16(11-13)26-2)27-17-8-6-14(12-20-17)22-18(23)19-9-4-10-21-28(3,24)25/h5-8,11-12,21H,4,9-10H2,1-3H3,(H2,19,22,23). The third-order valence-electron chi connectivity index (χ3n) is 3.53. The van der Waals surface area contributed by atoms with Gasteiger partial charge in [0.05, 0.1) is 25.2 Å². The van der Waals surface area contributed by atoms with E-state index in [1.807, 2.05) is 19.1 Å². The number of urea groups is 1. The van der Waals surface area contributed by atoms with E-state index >= 15 is 0 Å². The predicted octanol–water partition coefficient (Wildman–Crippen LogP) is 2.25. The lowest BCUT2D eigenvalue weighted by Crippen LogP contribution is -2.32. The van der Waals surface area contributed by atoms with Crippen molar-refractivity contribution in [2.24, 2.45) is 0 Å². The molecule has 0 saturated carbocycles. The van der Waals surface area contributed by atoms with E-state index in [1.165, 1.54) is 6.20 Å². The zero-order chi connectivity index (χ0) is 20.6. The Kier molecular flexibility index (Phi) is 7.59. The molecule has 0 atom stereocenters. The molecule has 2 aromatic rings. The molecule has 0 aliphatic rings. The van der Waals surface area contributed by atoms with Crippen LogP contribution in [0.25, 0.3) is 0 Å². The summed E-state index contributed by atoms with van der Waals surface area (Å²) in [4.78, 5) is 16.0. The molecule has 2 amide bonds. The van der Waals surface area contributed by atoms with E-state index in [2.05, 4.69) is 20.3 Å². The van der Waals surface area contributed by atoms with E-state index in [0.717, 1.165) is 11.8 Å². The van der Waals surface area contributed by atoms with Gasteiger partial charge in [-0.1, -0.05) is 6.07 Å². The predicted molar refractivity (Wildman–Crippen MR) is 107 cm³/mol. The Morgan fingerprint density at radius 1 is 1.14 bits per heavy atom. The Bertz CT molecular complexity index is 901. The van der Waals surface area contributed by atoms with Crippen LogP contribution in [-0.4, -0.2) is 45.9 Å². The number of rotatable bonds is 9. The number of pyridine rings is 1. The van der Waals surface area contributed by atoms with Crippen LogP contribution in [-0.2, 0) is 10.0 Å². The van der Waals surface area contributed by atoms with Crippen molar-refractivity contribution in [3.05, 3.63) is 42.1 Å². The number of nitrogens with one attached hydrogen (secondary N) is 3. The number of ether oxygens (including phenoxy) is 2. The van der Waals surface area contributed by atoms with Gasteiger partial charge in [-0.05, 0) is 37.1 Å². The molecule has 9 nitrogen and oxygen atoms in total. The van der Waals surface area contributed by atoms with Gasteiger partial charge in [0.2, 0.25) is 15.9 Å². The second kappa shape index (κ2) is 9.90. The summed E-state index contributed by atoms with van der Waals surface area (Å²) in [6.07, 6.45) is 3.03. The Balaban J connectivity index is 1.81. The molecule has 1 heterocycles. The summed E-state index contributed by atoms with van der Waals surface area (Å²) in [5.41, 5.74) is 1.55. The maximum absolute atomic E-state index is 11.8. The first-order valence-corrected chi connectivity index (χ1v) is 10.4. The Morgan fingerprint density at radius 2 is 1.93 bits per heavy atom. The molecule has 1 aromatic carbocycles. The highest BCUT2D eigenvalue weighted by Crippen LogP contribution is 2.31. The number of carbonyl (C=O) groups is 1. The Hall–Kier alpha value is -2.85. The zero-order valence-corrected chi connectivity index (χ0v) is 16.8. The van der Waals surface area contributed by atoms with Crippen molar-refractivity contribution in [1.29, 1.82) is 0 Å². The van der Waals surface area contributed by atoms with Crippen molar-refractivity contribution in [3.8, 4) is 17.4 Å². The molecule has 2 rings (SSSR count). The van der Waals surface area contributed by atoms with E-state index in [9.17, 15) is 13.2 Å². The van der Waals surface area contributed by atoms with Crippen molar-refractivity contribution in [2.75, 3.05) is 31.8 Å². The molecule has 1 aromatic heterocycles. The highest BCUT2D eigenvalue weighted by atomic mass is 32.2. The van der Waals surface area contributed by atoms with Gasteiger partial charge < -0.3 is 20.1 Å². The van der Waals surface area contributed by atoms with E-state index < -0.39 is 16.1 Å². The lowest BCUT2D eigenvalue weighted by molar-refractivity contribution is 0.252. The molecule has 28 heavy (non-hydrogen) atoms. The van der Waals surface area contributed by atoms with E-state index in [1.54, 1.807) is 25.3 Å². The fraction of sp³-hybridized carbons (Fsp3) is 0.333. The second-order valence-corrected chi connectivity index (χ2v) is 7.88. The summed E-state index contributed by atoms with van der Waals surface area (Å²) in [5, 5.41) is 5.27. The lowest BCUT2D eigenvalue weighted by Gasteiger charge is -2.11. The van der Waals surface area contributed by atoms with Crippen LogP contribution < -0.4 is 24.8 Å². The first-order valence-electron chi connectivity index (χ1n) is 8.55. The van der Waals surface area contributed by atoms with Gasteiger partial charge >= 0.3 is 6.03 Å². The normalized spacial score (nSPS) is 11.0. The molecule has 10 heteroatoms. The molecular weight excluding hydrogens is 384 g/mol. The fourth-order valence-electron chi connectivity index (χ4n) is 2.21. The second-order valence-electron chi connectivity index (χ2n) is 6.04. The van der Waals surface area contributed by atoms with E-state index in [0.29, 0.717) is 36.0 Å². The number of carbonyl (C=O) groups excluding carboxylic acids is 1. The number of nitrogens with zero attached hydrogens (tertiary/aromatic N) is 1. The van der Waals surface area contributed by atoms with E-state index in [-0.39, 0.29) is 6.54 Å². The summed E-state index contributed by atoms with van der Waals surface area (Å²) >= 11 is 0. The van der Waals surface area contributed by atoms with Crippen LogP contribution in [0, 0.1) is 6.92 Å². The lowest BCUT2D eigenvalue weighted by atomic mass is 10.2. The van der Waals surface area contributed by atoms with Gasteiger partial charge in [-0.3, -0.25) is 0 Å². The van der Waals surface area contributed by atoms with Crippen LogP contribution in [0.5, 0.6) is 17.4 Å². The SMILES string of the molecule is COc1cc(C)ccc1Oc1ccc(NC(=O)NCCCNS(C)(=O)=O)cn1. The number of anilines is 1. The van der Waals surface area contributed by atoms with Gasteiger partial charge in [0.25, 0.3) is 0 Å². The van der Waals surface area contributed by atoms with Crippen LogP contribution in [0.4, 0.5) is 10.5 Å². The quantitative estimate of drug-likeness (QED) is 0.548. The van der Waals surface area contributed by atoms with Crippen LogP contribution >= 0.6 is 0 Å². The highest BCUT2D eigenvalue weighted by Gasteiger charge is 2.08. The summed E-state index contributed by atoms with van der Waals surface area (Å²) in [6.45, 7) is 2.55. The summed E-state index contributed by atoms with van der Waals surface area (Å²) in [5.74, 6) is 1.51. The fourth-order valence-corrected chi connectivity index (χ4v) is 2.72. The molecule has 152 valence electrons. The number of aryl methyl sites for hydroxylation is 1. The maximum atomic E-state index is 11.8.